The molecule has 6 rings (SSSR count). The number of fused-ring (bicyclic) bond motifs is 3. The Morgan fingerprint density at radius 3 is 2.09 bits per heavy atom. The van der Waals surface area contributed by atoms with E-state index in [9.17, 15) is 18.0 Å². The van der Waals surface area contributed by atoms with Crippen LogP contribution in [0.2, 0.25) is 0 Å². The Hall–Kier alpha value is -4.17. The van der Waals surface area contributed by atoms with Crippen molar-refractivity contribution >= 4 is 44.0 Å². The number of aromatic nitrogens is 1. The fourth-order valence-electron chi connectivity index (χ4n) is 4.35. The van der Waals surface area contributed by atoms with Crippen molar-refractivity contribution in [3.8, 4) is 5.75 Å². The molecule has 1 aliphatic heterocycles. The summed E-state index contributed by atoms with van der Waals surface area (Å²) >= 11 is 1.51. The molecule has 0 N–H and O–H groups in total. The van der Waals surface area contributed by atoms with Crippen LogP contribution in [0.5, 0.6) is 5.75 Å². The Balaban J connectivity index is 1.50. The molecule has 8 heteroatoms. The number of thiazole rings is 1. The van der Waals surface area contributed by atoms with Crippen LogP contribution in [0.3, 0.4) is 0 Å². The standard InChI is InChI=1S/C27H15F3N2O2S/c28-17-13-14-18(29)25(24(17)30)34-26(33)23-15-7-1-4-10-20(15)32(21-11-5-2-8-16(21)23)27-31-19-9-3-6-12-22(19)35-27/h1-14,23H. The minimum absolute atomic E-state index is 0.577. The van der Waals surface area contributed by atoms with Gasteiger partial charge in [-0.05, 0) is 47.5 Å². The van der Waals surface area contributed by atoms with Crippen molar-refractivity contribution in [2.75, 3.05) is 4.90 Å². The SMILES string of the molecule is O=C(Oc1c(F)ccc(F)c1F)C1c2ccccc2N(c2nc3ccccc3s2)c2ccccc21. The quantitative estimate of drug-likeness (QED) is 0.153. The topological polar surface area (TPSA) is 42.4 Å². The van der Waals surface area contributed by atoms with Crippen LogP contribution >= 0.6 is 11.3 Å². The summed E-state index contributed by atoms with van der Waals surface area (Å²) in [6.45, 7) is 0. The van der Waals surface area contributed by atoms with E-state index in [2.05, 4.69) is 0 Å². The zero-order chi connectivity index (χ0) is 24.1. The second-order valence-electron chi connectivity index (χ2n) is 7.94. The van der Waals surface area contributed by atoms with Gasteiger partial charge in [-0.3, -0.25) is 9.69 Å². The molecule has 0 spiro atoms. The third kappa shape index (κ3) is 3.45. The van der Waals surface area contributed by atoms with Gasteiger partial charge in [-0.15, -0.1) is 0 Å². The van der Waals surface area contributed by atoms with E-state index in [1.165, 1.54) is 11.3 Å². The monoisotopic (exact) mass is 488 g/mol. The normalized spacial score (nSPS) is 12.9. The molecule has 0 aliphatic carbocycles. The smallest absolute Gasteiger partial charge is 0.323 e. The van der Waals surface area contributed by atoms with Gasteiger partial charge < -0.3 is 4.74 Å². The molecule has 0 bridgehead atoms. The number of para-hydroxylation sites is 3. The van der Waals surface area contributed by atoms with Crippen LogP contribution in [0.1, 0.15) is 17.0 Å². The second-order valence-corrected chi connectivity index (χ2v) is 8.95. The number of carbonyl (C=O) groups excluding carboxylic acids is 1. The van der Waals surface area contributed by atoms with Crippen LogP contribution in [0.25, 0.3) is 10.2 Å². The third-order valence-corrected chi connectivity index (χ3v) is 6.91. The van der Waals surface area contributed by atoms with Gasteiger partial charge in [0.1, 0.15) is 5.92 Å². The maximum absolute atomic E-state index is 14.3. The number of carbonyl (C=O) groups is 1. The average molecular weight is 488 g/mol. The van der Waals surface area contributed by atoms with E-state index in [0.29, 0.717) is 33.7 Å². The van der Waals surface area contributed by atoms with Crippen molar-refractivity contribution in [3.05, 3.63) is 114 Å². The number of esters is 1. The number of halogens is 3. The second kappa shape index (κ2) is 8.25. The molecule has 0 radical (unpaired) electrons. The van der Waals surface area contributed by atoms with Crippen molar-refractivity contribution in [2.45, 2.75) is 5.92 Å². The van der Waals surface area contributed by atoms with Crippen molar-refractivity contribution < 1.29 is 22.7 Å². The van der Waals surface area contributed by atoms with E-state index < -0.39 is 35.1 Å². The van der Waals surface area contributed by atoms with E-state index in [1.807, 2.05) is 53.4 Å². The lowest BCUT2D eigenvalue weighted by Crippen LogP contribution is -2.28. The molecule has 0 atom stereocenters. The predicted octanol–water partition coefficient (Wildman–Crippen LogP) is 7.23. The summed E-state index contributed by atoms with van der Waals surface area (Å²) in [5.74, 6) is -6.98. The third-order valence-electron chi connectivity index (χ3n) is 5.89. The largest absolute Gasteiger partial charge is 0.419 e. The molecule has 2 heterocycles. The van der Waals surface area contributed by atoms with Gasteiger partial charge in [-0.25, -0.2) is 13.8 Å². The Labute approximate surface area is 201 Å². The van der Waals surface area contributed by atoms with Crippen LogP contribution in [0.4, 0.5) is 29.7 Å². The first-order valence-electron chi connectivity index (χ1n) is 10.7. The Bertz CT molecular complexity index is 1540. The van der Waals surface area contributed by atoms with Crippen LogP contribution in [-0.4, -0.2) is 11.0 Å². The molecule has 4 nitrogen and oxygen atoms in total. The van der Waals surface area contributed by atoms with E-state index in [4.69, 9.17) is 9.72 Å². The molecule has 5 aromatic rings. The van der Waals surface area contributed by atoms with Gasteiger partial charge in [0.25, 0.3) is 0 Å². The first-order valence-corrected chi connectivity index (χ1v) is 11.5. The summed E-state index contributed by atoms with van der Waals surface area (Å²) in [6.07, 6.45) is 0. The molecular formula is C27H15F3N2O2S. The highest BCUT2D eigenvalue weighted by Gasteiger charge is 2.38. The van der Waals surface area contributed by atoms with Gasteiger partial charge >= 0.3 is 5.97 Å². The van der Waals surface area contributed by atoms with Gasteiger partial charge in [-0.2, -0.15) is 4.39 Å². The number of hydrogen-bond donors (Lipinski definition) is 0. The fraction of sp³-hybridized carbons (Fsp3) is 0.0370. The molecule has 0 saturated carbocycles. The molecule has 4 aromatic carbocycles. The molecule has 0 saturated heterocycles. The van der Waals surface area contributed by atoms with E-state index in [0.717, 1.165) is 16.3 Å². The highest BCUT2D eigenvalue weighted by molar-refractivity contribution is 7.22. The molecule has 1 aliphatic rings. The lowest BCUT2D eigenvalue weighted by Gasteiger charge is -2.35. The fourth-order valence-corrected chi connectivity index (χ4v) is 5.34. The van der Waals surface area contributed by atoms with Gasteiger partial charge in [0.15, 0.2) is 16.8 Å². The lowest BCUT2D eigenvalue weighted by atomic mass is 9.85. The van der Waals surface area contributed by atoms with E-state index in [-0.39, 0.29) is 0 Å². The zero-order valence-corrected chi connectivity index (χ0v) is 18.7. The van der Waals surface area contributed by atoms with Crippen LogP contribution in [0.15, 0.2) is 84.9 Å². The molecular weight excluding hydrogens is 473 g/mol. The highest BCUT2D eigenvalue weighted by Crippen LogP contribution is 2.50. The van der Waals surface area contributed by atoms with Crippen molar-refractivity contribution in [1.29, 1.82) is 0 Å². The van der Waals surface area contributed by atoms with Gasteiger partial charge in [0.05, 0.1) is 21.6 Å². The summed E-state index contributed by atoms with van der Waals surface area (Å²) in [5.41, 5.74) is 3.38. The van der Waals surface area contributed by atoms with Crippen molar-refractivity contribution in [1.82, 2.24) is 4.98 Å². The molecule has 35 heavy (non-hydrogen) atoms. The van der Waals surface area contributed by atoms with Crippen LogP contribution < -0.4 is 9.64 Å². The average Bonchev–Trinajstić information content (AvgIpc) is 3.31. The van der Waals surface area contributed by atoms with Gasteiger partial charge in [0, 0.05) is 0 Å². The number of ether oxygens (including phenoxy) is 1. The van der Waals surface area contributed by atoms with E-state index >= 15 is 0 Å². The van der Waals surface area contributed by atoms with Crippen LogP contribution in [0, 0.1) is 17.5 Å². The predicted molar refractivity (Wildman–Crippen MR) is 128 cm³/mol. The summed E-state index contributed by atoms with van der Waals surface area (Å²) in [6, 6.07) is 23.6. The molecule has 172 valence electrons. The van der Waals surface area contributed by atoms with E-state index in [1.54, 1.807) is 24.3 Å². The summed E-state index contributed by atoms with van der Waals surface area (Å²) in [7, 11) is 0. The Morgan fingerprint density at radius 2 is 1.40 bits per heavy atom. The number of hydrogen-bond acceptors (Lipinski definition) is 5. The maximum atomic E-state index is 14.3. The number of anilines is 3. The number of benzene rings is 4. The van der Waals surface area contributed by atoms with Gasteiger partial charge in [-0.1, -0.05) is 59.9 Å². The maximum Gasteiger partial charge on any atom is 0.323 e. The first-order chi connectivity index (χ1) is 17.0. The van der Waals surface area contributed by atoms with Crippen molar-refractivity contribution in [3.63, 3.8) is 0 Å². The van der Waals surface area contributed by atoms with Crippen LogP contribution in [-0.2, 0) is 4.79 Å². The molecule has 0 unspecified atom stereocenters. The Morgan fingerprint density at radius 1 is 0.800 bits per heavy atom. The minimum atomic E-state index is -1.55. The molecule has 0 amide bonds. The van der Waals surface area contributed by atoms with Gasteiger partial charge in [0.2, 0.25) is 11.6 Å². The molecule has 0 fully saturated rings. The summed E-state index contributed by atoms with van der Waals surface area (Å²) < 4.78 is 48.4. The number of rotatable bonds is 3. The lowest BCUT2D eigenvalue weighted by molar-refractivity contribution is -0.135. The minimum Gasteiger partial charge on any atom is -0.419 e. The van der Waals surface area contributed by atoms with Crippen molar-refractivity contribution in [2.24, 2.45) is 0 Å². The molecule has 1 aromatic heterocycles. The Kier molecular flexibility index (Phi) is 5.04. The number of nitrogens with zero attached hydrogens (tertiary/aromatic N) is 2. The zero-order valence-electron chi connectivity index (χ0n) is 17.9. The summed E-state index contributed by atoms with van der Waals surface area (Å²) in [4.78, 5) is 20.1. The summed E-state index contributed by atoms with van der Waals surface area (Å²) in [5, 5.41) is 0.708. The highest BCUT2D eigenvalue weighted by atomic mass is 32.1. The first kappa shape index (κ1) is 21.4.